The Morgan fingerprint density at radius 2 is 1.71 bits per heavy atom. The molecule has 0 aliphatic rings. The Labute approximate surface area is 222 Å². The fourth-order valence-corrected chi connectivity index (χ4v) is 2.63. The summed E-state index contributed by atoms with van der Waals surface area (Å²) in [7, 11) is 5.89. The molecular weight excluding hydrogens is 551 g/mol. The number of nitrogens with one attached hydrogen (secondary N) is 2. The molecule has 2 N–H and O–H groups in total. The Bertz CT molecular complexity index is 795. The zero-order valence-electron chi connectivity index (χ0n) is 22.3. The number of hydrogen-bond donors (Lipinski definition) is 2. The lowest BCUT2D eigenvalue weighted by atomic mass is 10.2. The highest BCUT2D eigenvalue weighted by Gasteiger charge is 2.16. The number of halogens is 1. The maximum Gasteiger partial charge on any atom is 0.412 e. The molecule has 0 radical (unpaired) electrons. The number of likely N-dealkylation sites (N-methyl/N-ethyl adjacent to an activating group) is 1. The molecule has 0 heterocycles. The maximum absolute atomic E-state index is 12.5. The van der Waals surface area contributed by atoms with Gasteiger partial charge < -0.3 is 43.3 Å². The highest BCUT2D eigenvalue weighted by Crippen LogP contribution is 2.18. The predicted octanol–water partition coefficient (Wildman–Crippen LogP) is 0.993. The Kier molecular flexibility index (Phi) is 13.2. The summed E-state index contributed by atoms with van der Waals surface area (Å²) >= 11 is 0. The van der Waals surface area contributed by atoms with Gasteiger partial charge in [0.15, 0.2) is 0 Å². The molecule has 0 aromatic heterocycles. The second-order valence-electron chi connectivity index (χ2n) is 9.88. The lowest BCUT2D eigenvalue weighted by molar-refractivity contribution is -0.870. The van der Waals surface area contributed by atoms with Crippen molar-refractivity contribution in [3.8, 4) is 0 Å². The first-order chi connectivity index (χ1) is 15.8. The van der Waals surface area contributed by atoms with Gasteiger partial charge in [-0.3, -0.25) is 15.0 Å². The SMILES string of the molecule is [3H]CN(C(=O)NCCCCCC(=O)OCC[N+](C)(C)C)c1ccc(NC(=O)OC(C)(C)C)cc1.[I-]. The number of carbonyl (C=O) groups excluding carboxylic acids is 3. The maximum atomic E-state index is 12.5. The molecule has 0 atom stereocenters. The molecule has 0 fully saturated rings. The van der Waals surface area contributed by atoms with Crippen molar-refractivity contribution in [1.82, 2.24) is 5.32 Å². The van der Waals surface area contributed by atoms with E-state index in [9.17, 15) is 14.4 Å². The first-order valence-electron chi connectivity index (χ1n) is 11.9. The summed E-state index contributed by atoms with van der Waals surface area (Å²) < 4.78 is 18.9. The van der Waals surface area contributed by atoms with E-state index in [1.165, 1.54) is 4.90 Å². The number of quaternary nitrogens is 1. The minimum absolute atomic E-state index is 0. The molecule has 0 spiro atoms. The third kappa shape index (κ3) is 14.9. The van der Waals surface area contributed by atoms with Crippen molar-refractivity contribution >= 4 is 29.5 Å². The zero-order chi connectivity index (χ0) is 25.8. The lowest BCUT2D eigenvalue weighted by Gasteiger charge is -2.23. The quantitative estimate of drug-likeness (QED) is 0.173. The van der Waals surface area contributed by atoms with Crippen LogP contribution in [-0.4, -0.2) is 76.0 Å². The van der Waals surface area contributed by atoms with Crippen LogP contribution in [0.2, 0.25) is 0 Å². The monoisotopic (exact) mass is 594 g/mol. The molecule has 0 unspecified atom stereocenters. The van der Waals surface area contributed by atoms with Crippen molar-refractivity contribution in [2.24, 2.45) is 0 Å². The summed E-state index contributed by atoms with van der Waals surface area (Å²) in [6, 6.07) is 6.24. The van der Waals surface area contributed by atoms with Crippen LogP contribution < -0.4 is 39.5 Å². The van der Waals surface area contributed by atoms with Crippen LogP contribution >= 0.6 is 0 Å². The summed E-state index contributed by atoms with van der Waals surface area (Å²) in [4.78, 5) is 37.4. The van der Waals surface area contributed by atoms with Crippen LogP contribution in [-0.2, 0) is 14.3 Å². The topological polar surface area (TPSA) is 97.0 Å². The lowest BCUT2D eigenvalue weighted by Crippen LogP contribution is -3.00. The van der Waals surface area contributed by atoms with Gasteiger partial charge in [0, 0.05) is 32.7 Å². The Hall–Kier alpha value is -2.08. The number of benzene rings is 1. The van der Waals surface area contributed by atoms with Gasteiger partial charge in [-0.15, -0.1) is 0 Å². The molecule has 9 nitrogen and oxygen atoms in total. The first kappa shape index (κ1) is 30.0. The molecule has 1 aromatic carbocycles. The normalized spacial score (nSPS) is 11.5. The zero-order valence-corrected chi connectivity index (χ0v) is 23.4. The summed E-state index contributed by atoms with van der Waals surface area (Å²) in [5.74, 6) is -0.192. The van der Waals surface area contributed by atoms with E-state index in [4.69, 9.17) is 10.8 Å². The van der Waals surface area contributed by atoms with Gasteiger partial charge in [-0.25, -0.2) is 9.59 Å². The number of urea groups is 1. The number of rotatable bonds is 11. The Balaban J connectivity index is 0.0000116. The van der Waals surface area contributed by atoms with Crippen LogP contribution in [0.3, 0.4) is 0 Å². The van der Waals surface area contributed by atoms with Crippen LogP contribution in [0.5, 0.6) is 0 Å². The molecule has 34 heavy (non-hydrogen) atoms. The number of esters is 1. The largest absolute Gasteiger partial charge is 1.00 e. The standard InChI is InChI=1S/C24H40N4O5.HI/c1-24(2,3)33-23(31)26-19-12-14-20(15-13-19)27(4)22(30)25-16-10-8-9-11-21(29)32-18-17-28(5,6)7;/h12-15H,8-11,16-18H2,1-7H3,(H-,25,26,30,31);1H/i4T;. The average molecular weight is 595 g/mol. The van der Waals surface area contributed by atoms with E-state index in [0.29, 0.717) is 37.4 Å². The fraction of sp³-hybridized carbons (Fsp3) is 0.625. The van der Waals surface area contributed by atoms with E-state index >= 15 is 0 Å². The number of amides is 3. The Morgan fingerprint density at radius 3 is 2.26 bits per heavy atom. The summed E-state index contributed by atoms with van der Waals surface area (Å²) in [6.45, 7) is 6.98. The molecule has 0 aliphatic heterocycles. The van der Waals surface area contributed by atoms with Gasteiger partial charge in [0.25, 0.3) is 0 Å². The molecule has 0 saturated carbocycles. The molecule has 0 saturated heterocycles. The highest BCUT2D eigenvalue weighted by molar-refractivity contribution is 5.92. The van der Waals surface area contributed by atoms with E-state index in [1.54, 1.807) is 45.0 Å². The Morgan fingerprint density at radius 1 is 1.06 bits per heavy atom. The molecular formula is C24H41IN4O5. The van der Waals surface area contributed by atoms with Crippen molar-refractivity contribution in [3.05, 3.63) is 24.3 Å². The van der Waals surface area contributed by atoms with E-state index in [0.717, 1.165) is 23.9 Å². The van der Waals surface area contributed by atoms with Gasteiger partial charge in [0.1, 0.15) is 18.8 Å². The van der Waals surface area contributed by atoms with Gasteiger partial charge in [-0.2, -0.15) is 0 Å². The smallest absolute Gasteiger partial charge is 0.412 e. The van der Waals surface area contributed by atoms with E-state index in [1.807, 2.05) is 21.1 Å². The van der Waals surface area contributed by atoms with E-state index < -0.39 is 11.7 Å². The van der Waals surface area contributed by atoms with Crippen LogP contribution in [0.1, 0.15) is 47.8 Å². The molecule has 10 heteroatoms. The van der Waals surface area contributed by atoms with Crippen molar-refractivity contribution in [3.63, 3.8) is 0 Å². The number of hydrogen-bond acceptors (Lipinski definition) is 5. The minimum Gasteiger partial charge on any atom is -1.00 e. The number of anilines is 2. The highest BCUT2D eigenvalue weighted by atomic mass is 127. The number of nitrogens with zero attached hydrogens (tertiary/aromatic N) is 2. The van der Waals surface area contributed by atoms with Crippen molar-refractivity contribution in [2.75, 3.05) is 58.1 Å². The van der Waals surface area contributed by atoms with Crippen LogP contribution in [0.25, 0.3) is 0 Å². The third-order valence-corrected chi connectivity index (χ3v) is 4.43. The average Bonchev–Trinajstić information content (AvgIpc) is 2.70. The summed E-state index contributed by atoms with van der Waals surface area (Å²) in [5.41, 5.74) is 0.470. The molecule has 3 amide bonds. The summed E-state index contributed by atoms with van der Waals surface area (Å²) in [5, 5.41) is 5.43. The van der Waals surface area contributed by atoms with Gasteiger partial charge in [-0.05, 0) is 57.9 Å². The molecule has 0 bridgehead atoms. The molecule has 1 rings (SSSR count). The predicted molar refractivity (Wildman–Crippen MR) is 130 cm³/mol. The molecule has 194 valence electrons. The number of carbonyl (C=O) groups is 3. The third-order valence-electron chi connectivity index (χ3n) is 4.43. The van der Waals surface area contributed by atoms with Crippen molar-refractivity contribution in [2.45, 2.75) is 52.1 Å². The second-order valence-corrected chi connectivity index (χ2v) is 9.88. The van der Waals surface area contributed by atoms with Crippen LogP contribution in [0, 0.1) is 0 Å². The van der Waals surface area contributed by atoms with Gasteiger partial charge in [0.05, 0.1) is 21.1 Å². The van der Waals surface area contributed by atoms with Crippen LogP contribution in [0.4, 0.5) is 21.0 Å². The first-order valence-corrected chi connectivity index (χ1v) is 11.2. The van der Waals surface area contributed by atoms with Crippen molar-refractivity contribution < 1.29 is 53.7 Å². The fourth-order valence-electron chi connectivity index (χ4n) is 2.63. The van der Waals surface area contributed by atoms with Crippen molar-refractivity contribution in [1.29, 1.82) is 0 Å². The summed E-state index contributed by atoms with van der Waals surface area (Å²) in [6.07, 6.45) is 2.02. The number of unbranched alkanes of at least 4 members (excludes halogenated alkanes) is 2. The second kappa shape index (κ2) is 15.0. The van der Waals surface area contributed by atoms with Gasteiger partial charge in [-0.1, -0.05) is 6.42 Å². The minimum atomic E-state index is -0.598. The van der Waals surface area contributed by atoms with E-state index in [-0.39, 0.29) is 43.0 Å². The number of ether oxygens (including phenoxy) is 2. The molecule has 0 aliphatic carbocycles. The van der Waals surface area contributed by atoms with Gasteiger partial charge in [0.2, 0.25) is 0 Å². The van der Waals surface area contributed by atoms with E-state index in [2.05, 4.69) is 10.6 Å². The van der Waals surface area contributed by atoms with Gasteiger partial charge >= 0.3 is 18.1 Å². The van der Waals surface area contributed by atoms with Crippen LogP contribution in [0.15, 0.2) is 24.3 Å². The molecule has 1 aromatic rings.